The molecule has 0 unspecified atom stereocenters. The van der Waals surface area contributed by atoms with Crippen molar-refractivity contribution in [3.63, 3.8) is 0 Å². The Morgan fingerprint density at radius 3 is 2.77 bits per heavy atom. The predicted molar refractivity (Wildman–Crippen MR) is 97.2 cm³/mol. The lowest BCUT2D eigenvalue weighted by Crippen LogP contribution is -2.10. The molecule has 6 nitrogen and oxygen atoms in total. The quantitative estimate of drug-likeness (QED) is 0.693. The van der Waals surface area contributed by atoms with Gasteiger partial charge in [0.15, 0.2) is 17.1 Å². The zero-order valence-corrected chi connectivity index (χ0v) is 14.8. The van der Waals surface area contributed by atoms with Crippen molar-refractivity contribution in [3.05, 3.63) is 58.5 Å². The lowest BCUT2D eigenvalue weighted by molar-refractivity contribution is 0.0516. The first-order chi connectivity index (χ1) is 12.6. The Morgan fingerprint density at radius 1 is 1.38 bits per heavy atom. The average molecular weight is 370 g/mol. The molecule has 0 atom stereocenters. The first-order valence-corrected chi connectivity index (χ1v) is 8.47. The van der Waals surface area contributed by atoms with E-state index in [-0.39, 0.29) is 34.2 Å². The summed E-state index contributed by atoms with van der Waals surface area (Å²) in [5.41, 5.74) is 1.24. The van der Waals surface area contributed by atoms with Crippen molar-refractivity contribution in [2.45, 2.75) is 19.9 Å². The fourth-order valence-electron chi connectivity index (χ4n) is 2.83. The van der Waals surface area contributed by atoms with Crippen molar-refractivity contribution in [1.29, 1.82) is 5.26 Å². The van der Waals surface area contributed by atoms with Crippen LogP contribution < -0.4 is 0 Å². The third-order valence-electron chi connectivity index (χ3n) is 4.00. The number of aryl methyl sites for hydroxylation is 2. The van der Waals surface area contributed by atoms with Crippen molar-refractivity contribution in [3.8, 4) is 11.8 Å². The monoisotopic (exact) mass is 369 g/mol. The van der Waals surface area contributed by atoms with Crippen molar-refractivity contribution in [1.82, 2.24) is 9.55 Å². The second-order valence-electron chi connectivity index (χ2n) is 5.62. The number of carbonyl (C=O) groups excluding carboxylic acids is 1. The smallest absolute Gasteiger partial charge is 0.360 e. The Morgan fingerprint density at radius 2 is 2.12 bits per heavy atom. The largest absolute Gasteiger partial charge is 0.505 e. The van der Waals surface area contributed by atoms with Crippen molar-refractivity contribution in [2.24, 2.45) is 0 Å². The van der Waals surface area contributed by atoms with Gasteiger partial charge in [-0.3, -0.25) is 0 Å². The molecule has 0 saturated heterocycles. The van der Waals surface area contributed by atoms with E-state index in [1.807, 2.05) is 36.4 Å². The normalized spacial score (nSPS) is 10.7. The molecule has 0 saturated carbocycles. The molecule has 0 amide bonds. The molecule has 2 aromatic heterocycles. The van der Waals surface area contributed by atoms with Gasteiger partial charge in [0.2, 0.25) is 0 Å². The van der Waals surface area contributed by atoms with Crippen LogP contribution in [-0.4, -0.2) is 27.2 Å². The average Bonchev–Trinajstić information content (AvgIpc) is 2.98. The molecule has 0 bridgehead atoms. The minimum atomic E-state index is -0.795. The number of carbonyl (C=O) groups is 1. The van der Waals surface area contributed by atoms with Gasteiger partial charge in [0.1, 0.15) is 6.07 Å². The predicted octanol–water partition coefficient (Wildman–Crippen LogP) is 3.69. The number of fused-ring (bicyclic) bond motifs is 1. The van der Waals surface area contributed by atoms with Gasteiger partial charge in [0.05, 0.1) is 22.5 Å². The summed E-state index contributed by atoms with van der Waals surface area (Å²) in [6.07, 6.45) is 2.35. The standard InChI is InChI=1S/C19H16ClN3O3/c1-2-26-19(25)16-18(24)15-13(20)11-23(17(15)14(10-21)22-16)9-8-12-6-4-3-5-7-12/h3-7,11,24H,2,8-9H2,1H3. The van der Waals surface area contributed by atoms with Crippen molar-refractivity contribution >= 4 is 28.5 Å². The van der Waals surface area contributed by atoms with Gasteiger partial charge in [-0.1, -0.05) is 41.9 Å². The molecule has 0 aliphatic carbocycles. The molecule has 0 radical (unpaired) electrons. The SMILES string of the molecule is CCOC(=O)c1nc(C#N)c2c(c(Cl)cn2CCc2ccccc2)c1O. The van der Waals surface area contributed by atoms with Gasteiger partial charge in [-0.25, -0.2) is 9.78 Å². The number of ether oxygens (including phenoxy) is 1. The molecule has 3 rings (SSSR count). The van der Waals surface area contributed by atoms with Crippen LogP contribution in [0.2, 0.25) is 5.02 Å². The highest BCUT2D eigenvalue weighted by molar-refractivity contribution is 6.36. The summed E-state index contributed by atoms with van der Waals surface area (Å²) >= 11 is 6.28. The van der Waals surface area contributed by atoms with Gasteiger partial charge in [0.25, 0.3) is 0 Å². The summed E-state index contributed by atoms with van der Waals surface area (Å²) < 4.78 is 6.66. The lowest BCUT2D eigenvalue weighted by atomic mass is 10.1. The van der Waals surface area contributed by atoms with E-state index in [2.05, 4.69) is 4.98 Å². The summed E-state index contributed by atoms with van der Waals surface area (Å²) in [6.45, 7) is 2.32. The second kappa shape index (κ2) is 7.46. The summed E-state index contributed by atoms with van der Waals surface area (Å²) in [4.78, 5) is 16.0. The topological polar surface area (TPSA) is 88.1 Å². The number of aromatic nitrogens is 2. The molecule has 1 N–H and O–H groups in total. The van der Waals surface area contributed by atoms with Crippen LogP contribution >= 0.6 is 11.6 Å². The molecule has 0 aliphatic rings. The Balaban J connectivity index is 2.08. The van der Waals surface area contributed by atoms with Gasteiger partial charge < -0.3 is 14.4 Å². The Bertz CT molecular complexity index is 1010. The summed E-state index contributed by atoms with van der Waals surface area (Å²) in [6, 6.07) is 11.8. The molecular formula is C19H16ClN3O3. The van der Waals surface area contributed by atoms with Crippen LogP contribution in [0.1, 0.15) is 28.7 Å². The van der Waals surface area contributed by atoms with Crippen LogP contribution in [0.5, 0.6) is 5.75 Å². The molecule has 3 aromatic rings. The van der Waals surface area contributed by atoms with E-state index in [4.69, 9.17) is 16.3 Å². The second-order valence-corrected chi connectivity index (χ2v) is 6.03. The fraction of sp³-hybridized carbons (Fsp3) is 0.211. The minimum absolute atomic E-state index is 0.0146. The number of hydrogen-bond acceptors (Lipinski definition) is 5. The number of hydrogen-bond donors (Lipinski definition) is 1. The van der Waals surface area contributed by atoms with E-state index in [0.29, 0.717) is 18.5 Å². The lowest BCUT2D eigenvalue weighted by Gasteiger charge is -2.09. The molecule has 0 fully saturated rings. The zero-order chi connectivity index (χ0) is 18.7. The van der Waals surface area contributed by atoms with E-state index >= 15 is 0 Å². The summed E-state index contributed by atoms with van der Waals surface area (Å²) in [7, 11) is 0. The van der Waals surface area contributed by atoms with Crippen LogP contribution in [0.25, 0.3) is 10.9 Å². The molecule has 132 valence electrons. The molecule has 7 heteroatoms. The van der Waals surface area contributed by atoms with E-state index in [1.165, 1.54) is 0 Å². The van der Waals surface area contributed by atoms with E-state index in [1.54, 1.807) is 17.7 Å². The van der Waals surface area contributed by atoms with Crippen molar-refractivity contribution in [2.75, 3.05) is 6.61 Å². The van der Waals surface area contributed by atoms with Gasteiger partial charge in [0, 0.05) is 12.7 Å². The number of nitriles is 1. The van der Waals surface area contributed by atoms with Crippen LogP contribution in [0, 0.1) is 11.3 Å². The number of halogens is 1. The summed E-state index contributed by atoms with van der Waals surface area (Å²) in [5.74, 6) is -1.17. The van der Waals surface area contributed by atoms with E-state index < -0.39 is 5.97 Å². The highest BCUT2D eigenvalue weighted by Gasteiger charge is 2.24. The Kier molecular flexibility index (Phi) is 5.10. The van der Waals surface area contributed by atoms with Crippen LogP contribution in [0.3, 0.4) is 0 Å². The first-order valence-electron chi connectivity index (χ1n) is 8.09. The molecular weight excluding hydrogens is 354 g/mol. The summed E-state index contributed by atoms with van der Waals surface area (Å²) in [5, 5.41) is 20.4. The Hall–Kier alpha value is -3.04. The number of benzene rings is 1. The molecule has 1 aromatic carbocycles. The molecule has 0 aliphatic heterocycles. The van der Waals surface area contributed by atoms with Gasteiger partial charge >= 0.3 is 5.97 Å². The molecule has 0 spiro atoms. The van der Waals surface area contributed by atoms with E-state index in [0.717, 1.165) is 5.56 Å². The van der Waals surface area contributed by atoms with Crippen LogP contribution in [0.15, 0.2) is 36.5 Å². The third kappa shape index (κ3) is 3.22. The highest BCUT2D eigenvalue weighted by atomic mass is 35.5. The Labute approximate surface area is 155 Å². The number of rotatable bonds is 5. The van der Waals surface area contributed by atoms with E-state index in [9.17, 15) is 15.2 Å². The van der Waals surface area contributed by atoms with Crippen molar-refractivity contribution < 1.29 is 14.6 Å². The van der Waals surface area contributed by atoms with Gasteiger partial charge in [-0.15, -0.1) is 0 Å². The first kappa shape index (κ1) is 17.8. The minimum Gasteiger partial charge on any atom is -0.505 e. The number of aromatic hydroxyl groups is 1. The van der Waals surface area contributed by atoms with Gasteiger partial charge in [-0.05, 0) is 18.9 Å². The zero-order valence-electron chi connectivity index (χ0n) is 14.1. The van der Waals surface area contributed by atoms with Crippen LogP contribution in [-0.2, 0) is 17.7 Å². The molecule has 2 heterocycles. The van der Waals surface area contributed by atoms with Crippen LogP contribution in [0.4, 0.5) is 0 Å². The fourth-order valence-corrected chi connectivity index (χ4v) is 3.13. The maximum atomic E-state index is 12.0. The molecule has 26 heavy (non-hydrogen) atoms. The highest BCUT2D eigenvalue weighted by Crippen LogP contribution is 2.37. The maximum absolute atomic E-state index is 12.0. The van der Waals surface area contributed by atoms with Gasteiger partial charge in [-0.2, -0.15) is 5.26 Å². The number of nitrogens with zero attached hydrogens (tertiary/aromatic N) is 3. The number of esters is 1. The number of pyridine rings is 1. The third-order valence-corrected chi connectivity index (χ3v) is 4.29. The maximum Gasteiger partial charge on any atom is 0.360 e.